The SMILES string of the molecule is O=Cc1c(OCC(=O)N2c3ccccc3NC(=O)CC2C(F)(F)F)ccc2ccccc12. The molecular weight excluding hydrogens is 425 g/mol. The van der Waals surface area contributed by atoms with Gasteiger partial charge in [0.25, 0.3) is 5.91 Å². The fourth-order valence-corrected chi connectivity index (χ4v) is 3.73. The predicted molar refractivity (Wildman–Crippen MR) is 112 cm³/mol. The standard InChI is InChI=1S/C23H17F3N2O4/c24-23(25,26)20-11-21(30)27-17-7-3-4-8-18(17)28(20)22(31)13-32-19-10-9-14-5-1-2-6-15(14)16(19)12-29/h1-10,12,20H,11,13H2,(H,27,30). The molecule has 0 aromatic heterocycles. The zero-order valence-corrected chi connectivity index (χ0v) is 16.6. The summed E-state index contributed by atoms with van der Waals surface area (Å²) in [5, 5.41) is 3.77. The van der Waals surface area contributed by atoms with Crippen molar-refractivity contribution in [2.45, 2.75) is 18.6 Å². The molecule has 1 aliphatic heterocycles. The minimum Gasteiger partial charge on any atom is -0.483 e. The number of para-hydroxylation sites is 2. The van der Waals surface area contributed by atoms with Gasteiger partial charge < -0.3 is 10.1 Å². The first-order valence-corrected chi connectivity index (χ1v) is 9.67. The van der Waals surface area contributed by atoms with E-state index in [-0.39, 0.29) is 22.7 Å². The van der Waals surface area contributed by atoms with Crippen LogP contribution in [0.1, 0.15) is 16.8 Å². The van der Waals surface area contributed by atoms with Crippen LogP contribution in [0, 0.1) is 0 Å². The number of hydrogen-bond acceptors (Lipinski definition) is 4. The quantitative estimate of drug-likeness (QED) is 0.610. The Hall–Kier alpha value is -3.88. The van der Waals surface area contributed by atoms with Crippen LogP contribution in [-0.4, -0.2) is 36.9 Å². The van der Waals surface area contributed by atoms with Crippen LogP contribution < -0.4 is 15.0 Å². The van der Waals surface area contributed by atoms with Gasteiger partial charge in [-0.05, 0) is 29.0 Å². The van der Waals surface area contributed by atoms with Gasteiger partial charge in [0.1, 0.15) is 11.8 Å². The lowest BCUT2D eigenvalue weighted by molar-refractivity contribution is -0.158. The van der Waals surface area contributed by atoms with Gasteiger partial charge in [0.2, 0.25) is 5.91 Å². The van der Waals surface area contributed by atoms with Gasteiger partial charge >= 0.3 is 6.18 Å². The van der Waals surface area contributed by atoms with Crippen molar-refractivity contribution in [1.29, 1.82) is 0 Å². The van der Waals surface area contributed by atoms with Crippen LogP contribution in [0.25, 0.3) is 10.8 Å². The molecule has 164 valence electrons. The number of benzene rings is 3. The molecule has 3 aromatic carbocycles. The summed E-state index contributed by atoms with van der Waals surface area (Å²) in [6.45, 7) is -0.756. The fraction of sp³-hybridized carbons (Fsp3) is 0.174. The Morgan fingerprint density at radius 2 is 1.81 bits per heavy atom. The number of amides is 2. The van der Waals surface area contributed by atoms with Crippen LogP contribution in [0.2, 0.25) is 0 Å². The summed E-state index contributed by atoms with van der Waals surface area (Å²) < 4.78 is 46.9. The lowest BCUT2D eigenvalue weighted by atomic mass is 10.0. The van der Waals surface area contributed by atoms with Crippen LogP contribution in [0.5, 0.6) is 5.75 Å². The van der Waals surface area contributed by atoms with Gasteiger partial charge in [0.15, 0.2) is 12.9 Å². The first-order chi connectivity index (χ1) is 15.3. The minimum absolute atomic E-state index is 0.0768. The highest BCUT2D eigenvalue weighted by Gasteiger charge is 2.49. The maximum absolute atomic E-state index is 13.8. The zero-order valence-electron chi connectivity index (χ0n) is 16.6. The van der Waals surface area contributed by atoms with Crippen molar-refractivity contribution in [3.05, 3.63) is 66.2 Å². The molecule has 2 amide bonds. The van der Waals surface area contributed by atoms with Crippen molar-refractivity contribution >= 4 is 40.2 Å². The molecule has 1 aliphatic rings. The molecule has 3 aromatic rings. The summed E-state index contributed by atoms with van der Waals surface area (Å²) in [5.41, 5.74) is 0.205. The van der Waals surface area contributed by atoms with Crippen LogP contribution >= 0.6 is 0 Å². The fourth-order valence-electron chi connectivity index (χ4n) is 3.73. The number of fused-ring (bicyclic) bond motifs is 2. The third-order valence-corrected chi connectivity index (χ3v) is 5.17. The smallest absolute Gasteiger partial charge is 0.409 e. The molecule has 9 heteroatoms. The number of halogens is 3. The number of rotatable bonds is 4. The lowest BCUT2D eigenvalue weighted by Crippen LogP contribution is -2.51. The van der Waals surface area contributed by atoms with Crippen molar-refractivity contribution < 1.29 is 32.3 Å². The van der Waals surface area contributed by atoms with Crippen molar-refractivity contribution in [2.75, 3.05) is 16.8 Å². The first kappa shape index (κ1) is 21.4. The number of nitrogens with zero attached hydrogens (tertiary/aromatic N) is 1. The van der Waals surface area contributed by atoms with Crippen LogP contribution in [0.4, 0.5) is 24.5 Å². The number of alkyl halides is 3. The van der Waals surface area contributed by atoms with E-state index in [9.17, 15) is 27.6 Å². The molecule has 0 spiro atoms. The lowest BCUT2D eigenvalue weighted by Gasteiger charge is -2.31. The van der Waals surface area contributed by atoms with E-state index in [1.807, 2.05) is 0 Å². The Bertz CT molecular complexity index is 1210. The Labute approximate surface area is 180 Å². The number of carbonyl (C=O) groups excluding carboxylic acids is 3. The highest BCUT2D eigenvalue weighted by molar-refractivity contribution is 6.05. The van der Waals surface area contributed by atoms with Gasteiger partial charge in [0, 0.05) is 0 Å². The Kier molecular flexibility index (Phi) is 5.56. The summed E-state index contributed by atoms with van der Waals surface area (Å²) in [6.07, 6.45) is -5.22. The molecule has 6 nitrogen and oxygen atoms in total. The van der Waals surface area contributed by atoms with Crippen LogP contribution in [0.3, 0.4) is 0 Å². The molecule has 1 unspecified atom stereocenters. The molecule has 0 aliphatic carbocycles. The molecule has 1 N–H and O–H groups in total. The average Bonchev–Trinajstić information content (AvgIpc) is 2.92. The first-order valence-electron chi connectivity index (χ1n) is 9.67. The van der Waals surface area contributed by atoms with Gasteiger partial charge in [-0.2, -0.15) is 13.2 Å². The Balaban J connectivity index is 1.67. The van der Waals surface area contributed by atoms with E-state index in [2.05, 4.69) is 5.32 Å². The second-order valence-corrected chi connectivity index (χ2v) is 7.20. The van der Waals surface area contributed by atoms with Gasteiger partial charge in [-0.1, -0.05) is 42.5 Å². The maximum atomic E-state index is 13.8. The molecule has 0 radical (unpaired) electrons. The molecule has 1 atom stereocenters. The largest absolute Gasteiger partial charge is 0.483 e. The van der Waals surface area contributed by atoms with Gasteiger partial charge in [-0.25, -0.2) is 0 Å². The summed E-state index contributed by atoms with van der Waals surface area (Å²) in [4.78, 5) is 37.2. The number of aldehydes is 1. The van der Waals surface area contributed by atoms with Crippen molar-refractivity contribution in [2.24, 2.45) is 0 Å². The van der Waals surface area contributed by atoms with E-state index in [4.69, 9.17) is 4.74 Å². The molecule has 0 saturated heterocycles. The second-order valence-electron chi connectivity index (χ2n) is 7.20. The topological polar surface area (TPSA) is 75.7 Å². The molecule has 1 heterocycles. The van der Waals surface area contributed by atoms with Crippen molar-refractivity contribution in [3.63, 3.8) is 0 Å². The van der Waals surface area contributed by atoms with Gasteiger partial charge in [-0.15, -0.1) is 0 Å². The Morgan fingerprint density at radius 3 is 2.56 bits per heavy atom. The normalized spacial score (nSPS) is 16.2. The molecule has 0 fully saturated rings. The molecular formula is C23H17F3N2O4. The van der Waals surface area contributed by atoms with Crippen molar-refractivity contribution in [1.82, 2.24) is 0 Å². The van der Waals surface area contributed by atoms with Crippen LogP contribution in [-0.2, 0) is 9.59 Å². The summed E-state index contributed by atoms with van der Waals surface area (Å²) >= 11 is 0. The third kappa shape index (κ3) is 4.01. The minimum atomic E-state index is -4.85. The van der Waals surface area contributed by atoms with E-state index in [0.717, 1.165) is 5.39 Å². The number of hydrogen-bond donors (Lipinski definition) is 1. The maximum Gasteiger partial charge on any atom is 0.409 e. The van der Waals surface area contributed by atoms with E-state index >= 15 is 0 Å². The van der Waals surface area contributed by atoms with E-state index < -0.39 is 37.1 Å². The highest BCUT2D eigenvalue weighted by atomic mass is 19.4. The number of ether oxygens (including phenoxy) is 1. The molecule has 4 rings (SSSR count). The highest BCUT2D eigenvalue weighted by Crippen LogP contribution is 2.38. The summed E-state index contributed by atoms with van der Waals surface area (Å²) in [6, 6.07) is 13.6. The van der Waals surface area contributed by atoms with Gasteiger partial charge in [-0.3, -0.25) is 19.3 Å². The molecule has 32 heavy (non-hydrogen) atoms. The van der Waals surface area contributed by atoms with Crippen LogP contribution in [0.15, 0.2) is 60.7 Å². The number of carbonyl (C=O) groups is 3. The number of anilines is 2. The third-order valence-electron chi connectivity index (χ3n) is 5.17. The summed E-state index contributed by atoms with van der Waals surface area (Å²) in [7, 11) is 0. The molecule has 0 bridgehead atoms. The van der Waals surface area contributed by atoms with E-state index in [1.54, 1.807) is 30.3 Å². The van der Waals surface area contributed by atoms with E-state index in [0.29, 0.717) is 16.6 Å². The predicted octanol–water partition coefficient (Wildman–Crippen LogP) is 4.34. The Morgan fingerprint density at radius 1 is 1.09 bits per heavy atom. The average molecular weight is 442 g/mol. The van der Waals surface area contributed by atoms with E-state index in [1.165, 1.54) is 30.3 Å². The summed E-state index contributed by atoms with van der Waals surface area (Å²) in [5.74, 6) is -1.78. The zero-order chi connectivity index (χ0) is 22.9. The van der Waals surface area contributed by atoms with Gasteiger partial charge in [0.05, 0.1) is 23.4 Å². The monoisotopic (exact) mass is 442 g/mol. The number of nitrogens with one attached hydrogen (secondary N) is 1. The second kappa shape index (κ2) is 8.33. The molecule has 0 saturated carbocycles. The van der Waals surface area contributed by atoms with Crippen molar-refractivity contribution in [3.8, 4) is 5.75 Å².